The van der Waals surface area contributed by atoms with Gasteiger partial charge in [-0.15, -0.1) is 0 Å². The molecule has 2 heterocycles. The first kappa shape index (κ1) is 17.6. The van der Waals surface area contributed by atoms with E-state index in [9.17, 15) is 4.79 Å². The number of aryl methyl sites for hydroxylation is 1. The number of nitrogens with zero attached hydrogens (tertiary/aromatic N) is 4. The Kier molecular flexibility index (Phi) is 5.50. The Balaban J connectivity index is 1.73. The van der Waals surface area contributed by atoms with Crippen molar-refractivity contribution in [3.63, 3.8) is 0 Å². The first-order chi connectivity index (χ1) is 12.1. The number of likely N-dealkylation sites (N-methyl/N-ethyl adjacent to an activating group) is 1. The quantitative estimate of drug-likeness (QED) is 0.900. The molecular weight excluding hydrogens is 314 g/mol. The van der Waals surface area contributed by atoms with Gasteiger partial charge in [-0.1, -0.05) is 12.1 Å². The van der Waals surface area contributed by atoms with E-state index >= 15 is 0 Å². The van der Waals surface area contributed by atoms with Crippen molar-refractivity contribution in [2.45, 2.75) is 26.1 Å². The fourth-order valence-corrected chi connectivity index (χ4v) is 3.38. The number of carbonyl (C=O) groups is 1. The molecule has 0 bridgehead atoms. The Labute approximate surface area is 149 Å². The number of amides is 1. The molecule has 2 aromatic rings. The van der Waals surface area contributed by atoms with Gasteiger partial charge in [0.15, 0.2) is 0 Å². The second-order valence-corrected chi connectivity index (χ2v) is 6.64. The highest BCUT2D eigenvalue weighted by molar-refractivity contribution is 5.94. The van der Waals surface area contributed by atoms with Crippen molar-refractivity contribution < 1.29 is 4.79 Å². The van der Waals surface area contributed by atoms with Gasteiger partial charge in [-0.05, 0) is 31.7 Å². The number of carbonyl (C=O) groups excluding carboxylic acids is 1. The zero-order valence-corrected chi connectivity index (χ0v) is 15.3. The fourth-order valence-electron chi connectivity index (χ4n) is 3.38. The summed E-state index contributed by atoms with van der Waals surface area (Å²) in [5.41, 5.74) is 3.16. The molecule has 3 rings (SSSR count). The van der Waals surface area contributed by atoms with Crippen LogP contribution in [-0.2, 0) is 13.1 Å². The van der Waals surface area contributed by atoms with Crippen LogP contribution in [0.25, 0.3) is 0 Å². The van der Waals surface area contributed by atoms with Crippen molar-refractivity contribution in [3.8, 4) is 0 Å². The number of rotatable bonds is 5. The molecule has 1 fully saturated rings. The third kappa shape index (κ3) is 4.08. The summed E-state index contributed by atoms with van der Waals surface area (Å²) in [6, 6.07) is 8.25. The molecule has 0 radical (unpaired) electrons. The van der Waals surface area contributed by atoms with Crippen LogP contribution in [0.2, 0.25) is 0 Å². The van der Waals surface area contributed by atoms with Gasteiger partial charge in [0, 0.05) is 63.1 Å². The normalized spacial score (nSPS) is 19.1. The summed E-state index contributed by atoms with van der Waals surface area (Å²) in [4.78, 5) is 16.8. The Morgan fingerprint density at radius 3 is 2.92 bits per heavy atom. The summed E-state index contributed by atoms with van der Waals surface area (Å²) in [5.74, 6) is -0.0378. The lowest BCUT2D eigenvalue weighted by Gasteiger charge is -2.39. The lowest BCUT2D eigenvalue weighted by atomic mass is 10.00. The van der Waals surface area contributed by atoms with E-state index in [1.165, 1.54) is 11.1 Å². The summed E-state index contributed by atoms with van der Waals surface area (Å²) >= 11 is 0. The molecule has 0 unspecified atom stereocenters. The molecule has 1 atom stereocenters. The van der Waals surface area contributed by atoms with Gasteiger partial charge in [-0.25, -0.2) is 0 Å². The van der Waals surface area contributed by atoms with Crippen molar-refractivity contribution in [3.05, 3.63) is 53.3 Å². The van der Waals surface area contributed by atoms with E-state index in [0.717, 1.165) is 38.3 Å². The van der Waals surface area contributed by atoms with E-state index < -0.39 is 0 Å². The lowest BCUT2D eigenvalue weighted by Crippen LogP contribution is -2.46. The first-order valence-electron chi connectivity index (χ1n) is 8.86. The molecule has 1 aliphatic rings. The van der Waals surface area contributed by atoms with Crippen LogP contribution in [0.4, 0.5) is 0 Å². The molecule has 6 heteroatoms. The second-order valence-electron chi connectivity index (χ2n) is 6.64. The average Bonchev–Trinajstić information content (AvgIpc) is 3.10. The monoisotopic (exact) mass is 341 g/mol. The number of piperazine rings is 1. The van der Waals surface area contributed by atoms with Crippen LogP contribution in [0.5, 0.6) is 0 Å². The maximum absolute atomic E-state index is 11.9. The molecule has 0 saturated carbocycles. The van der Waals surface area contributed by atoms with E-state index in [-0.39, 0.29) is 5.91 Å². The number of nitrogens with one attached hydrogen (secondary N) is 1. The first-order valence-corrected chi connectivity index (χ1v) is 8.86. The van der Waals surface area contributed by atoms with E-state index in [0.29, 0.717) is 6.04 Å². The third-order valence-electron chi connectivity index (χ3n) is 4.91. The van der Waals surface area contributed by atoms with Gasteiger partial charge >= 0.3 is 0 Å². The summed E-state index contributed by atoms with van der Waals surface area (Å²) in [6.07, 6.45) is 4.09. The molecule has 1 amide bonds. The third-order valence-corrected chi connectivity index (χ3v) is 4.91. The highest BCUT2D eigenvalue weighted by Gasteiger charge is 2.26. The van der Waals surface area contributed by atoms with Gasteiger partial charge in [0.05, 0.1) is 6.20 Å². The summed E-state index contributed by atoms with van der Waals surface area (Å²) in [7, 11) is 3.82. The molecule has 1 aliphatic heterocycles. The van der Waals surface area contributed by atoms with Crippen LogP contribution in [0.1, 0.15) is 34.5 Å². The summed E-state index contributed by atoms with van der Waals surface area (Å²) in [5, 5.41) is 7.07. The zero-order chi connectivity index (χ0) is 17.8. The van der Waals surface area contributed by atoms with Gasteiger partial charge in [-0.2, -0.15) is 5.10 Å². The lowest BCUT2D eigenvalue weighted by molar-refractivity contribution is 0.0901. The minimum absolute atomic E-state index is 0.0378. The number of hydrogen-bond donors (Lipinski definition) is 1. The predicted molar refractivity (Wildman–Crippen MR) is 98.4 cm³/mol. The molecule has 0 spiro atoms. The smallest absolute Gasteiger partial charge is 0.251 e. The maximum Gasteiger partial charge on any atom is 0.251 e. The topological polar surface area (TPSA) is 53.4 Å². The fraction of sp³-hybridized carbons (Fsp3) is 0.474. The molecule has 25 heavy (non-hydrogen) atoms. The predicted octanol–water partition coefficient (Wildman–Crippen LogP) is 1.75. The molecule has 134 valence electrons. The summed E-state index contributed by atoms with van der Waals surface area (Å²) in [6.45, 7) is 6.92. The van der Waals surface area contributed by atoms with Crippen molar-refractivity contribution in [1.82, 2.24) is 24.9 Å². The van der Waals surface area contributed by atoms with Gasteiger partial charge < -0.3 is 5.32 Å². The second kappa shape index (κ2) is 7.80. The highest BCUT2D eigenvalue weighted by atomic mass is 16.1. The van der Waals surface area contributed by atoms with Gasteiger partial charge in [-0.3, -0.25) is 19.3 Å². The SMILES string of the molecule is CCn1cc(CN2CCN(C)[C@@H](c3cccc(C(=O)NC)c3)C2)cn1. The van der Waals surface area contributed by atoms with Crippen LogP contribution in [-0.4, -0.2) is 59.2 Å². The summed E-state index contributed by atoms with van der Waals surface area (Å²) < 4.78 is 1.97. The molecule has 1 saturated heterocycles. The van der Waals surface area contributed by atoms with Crippen molar-refractivity contribution >= 4 is 5.91 Å². The Hall–Kier alpha value is -2.18. The van der Waals surface area contributed by atoms with Gasteiger partial charge in [0.25, 0.3) is 5.91 Å². The van der Waals surface area contributed by atoms with Gasteiger partial charge in [0.2, 0.25) is 0 Å². The molecular formula is C19H27N5O. The van der Waals surface area contributed by atoms with Crippen LogP contribution < -0.4 is 5.32 Å². The van der Waals surface area contributed by atoms with Crippen molar-refractivity contribution in [1.29, 1.82) is 0 Å². The Bertz CT molecular complexity index is 726. The average molecular weight is 341 g/mol. The highest BCUT2D eigenvalue weighted by Crippen LogP contribution is 2.25. The maximum atomic E-state index is 11.9. The van der Waals surface area contributed by atoms with Crippen molar-refractivity contribution in [2.24, 2.45) is 0 Å². The number of benzene rings is 1. The largest absolute Gasteiger partial charge is 0.355 e. The van der Waals surface area contributed by atoms with Crippen LogP contribution in [0.3, 0.4) is 0 Å². The molecule has 1 aromatic heterocycles. The molecule has 0 aliphatic carbocycles. The molecule has 1 N–H and O–H groups in total. The zero-order valence-electron chi connectivity index (χ0n) is 15.3. The number of aromatic nitrogens is 2. The van der Waals surface area contributed by atoms with E-state index in [2.05, 4.69) is 46.4 Å². The van der Waals surface area contributed by atoms with E-state index in [1.807, 2.05) is 29.1 Å². The van der Waals surface area contributed by atoms with E-state index in [4.69, 9.17) is 0 Å². The number of hydrogen-bond acceptors (Lipinski definition) is 4. The Morgan fingerprint density at radius 2 is 2.20 bits per heavy atom. The van der Waals surface area contributed by atoms with Crippen LogP contribution >= 0.6 is 0 Å². The molecule has 1 aromatic carbocycles. The van der Waals surface area contributed by atoms with Crippen LogP contribution in [0, 0.1) is 0 Å². The van der Waals surface area contributed by atoms with E-state index in [1.54, 1.807) is 7.05 Å². The molecule has 6 nitrogen and oxygen atoms in total. The Morgan fingerprint density at radius 1 is 1.36 bits per heavy atom. The minimum Gasteiger partial charge on any atom is -0.355 e. The van der Waals surface area contributed by atoms with Crippen molar-refractivity contribution in [2.75, 3.05) is 33.7 Å². The van der Waals surface area contributed by atoms with Crippen LogP contribution in [0.15, 0.2) is 36.7 Å². The standard InChI is InChI=1S/C19H27N5O/c1-4-24-13-15(11-21-24)12-23-9-8-22(3)18(14-23)16-6-5-7-17(10-16)19(25)20-2/h5-7,10-11,13,18H,4,8-9,12,14H2,1-3H3,(H,20,25)/t18-/m1/s1. The minimum atomic E-state index is -0.0378. The van der Waals surface area contributed by atoms with Gasteiger partial charge in [0.1, 0.15) is 0 Å².